The average Bonchev–Trinajstić information content (AvgIpc) is 2.43. The molecule has 0 spiro atoms. The van der Waals surface area contributed by atoms with Gasteiger partial charge in [0.05, 0.1) is 6.54 Å². The fraction of sp³-hybridized carbons (Fsp3) is 0.235. The fourth-order valence-electron chi connectivity index (χ4n) is 2.23. The first-order valence-electron chi connectivity index (χ1n) is 7.11. The number of alkyl halides is 2. The molecular weight excluding hydrogens is 427 g/mol. The van der Waals surface area contributed by atoms with Crippen LogP contribution < -0.4 is 15.8 Å². The SMILES string of the molecule is Cc1cc(C)cc(NC(N)=NCc2cccc(OC(F)F)c2)c1.I. The smallest absolute Gasteiger partial charge is 0.387 e. The first-order valence-corrected chi connectivity index (χ1v) is 7.11. The van der Waals surface area contributed by atoms with Crippen LogP contribution >= 0.6 is 24.0 Å². The Hall–Kier alpha value is -1.90. The molecule has 0 amide bonds. The summed E-state index contributed by atoms with van der Waals surface area (Å²) < 4.78 is 28.7. The van der Waals surface area contributed by atoms with Gasteiger partial charge in [-0.3, -0.25) is 0 Å². The van der Waals surface area contributed by atoms with Crippen molar-refractivity contribution in [2.75, 3.05) is 5.32 Å². The summed E-state index contributed by atoms with van der Waals surface area (Å²) in [5.74, 6) is 0.365. The molecule has 2 rings (SSSR count). The van der Waals surface area contributed by atoms with Gasteiger partial charge in [0.15, 0.2) is 5.96 Å². The van der Waals surface area contributed by atoms with E-state index in [1.54, 1.807) is 12.1 Å². The molecule has 0 aliphatic carbocycles. The van der Waals surface area contributed by atoms with Gasteiger partial charge in [-0.1, -0.05) is 18.2 Å². The second-order valence-electron chi connectivity index (χ2n) is 5.23. The number of aliphatic imine (C=N–C) groups is 1. The normalized spacial score (nSPS) is 11.1. The molecule has 0 aliphatic rings. The van der Waals surface area contributed by atoms with Crippen molar-refractivity contribution in [3.63, 3.8) is 0 Å². The maximum atomic E-state index is 12.2. The van der Waals surface area contributed by atoms with Gasteiger partial charge in [-0.25, -0.2) is 4.99 Å². The van der Waals surface area contributed by atoms with E-state index < -0.39 is 6.61 Å². The predicted molar refractivity (Wildman–Crippen MR) is 103 cm³/mol. The lowest BCUT2D eigenvalue weighted by atomic mass is 10.1. The molecule has 0 aliphatic heterocycles. The molecule has 0 saturated heterocycles. The van der Waals surface area contributed by atoms with Crippen molar-refractivity contribution in [1.82, 2.24) is 0 Å². The number of anilines is 1. The minimum Gasteiger partial charge on any atom is -0.435 e. The molecular formula is C17H20F2IN3O. The monoisotopic (exact) mass is 447 g/mol. The van der Waals surface area contributed by atoms with Crippen LogP contribution in [0.25, 0.3) is 0 Å². The van der Waals surface area contributed by atoms with Crippen LogP contribution in [0.1, 0.15) is 16.7 Å². The Balaban J connectivity index is 0.00000288. The van der Waals surface area contributed by atoms with Crippen LogP contribution in [0.15, 0.2) is 47.5 Å². The van der Waals surface area contributed by atoms with Crippen molar-refractivity contribution in [1.29, 1.82) is 0 Å². The van der Waals surface area contributed by atoms with E-state index in [4.69, 9.17) is 5.73 Å². The quantitative estimate of drug-likeness (QED) is 0.405. The third-order valence-corrected chi connectivity index (χ3v) is 3.05. The standard InChI is InChI=1S/C17H19F2N3O.HI/c1-11-6-12(2)8-14(7-11)22-17(20)21-10-13-4-3-5-15(9-13)23-16(18)19;/h3-9,16H,10H2,1-2H3,(H3,20,21,22);1H. The zero-order valence-electron chi connectivity index (χ0n) is 13.4. The van der Waals surface area contributed by atoms with E-state index >= 15 is 0 Å². The maximum absolute atomic E-state index is 12.2. The Morgan fingerprint density at radius 2 is 1.83 bits per heavy atom. The molecule has 4 nitrogen and oxygen atoms in total. The van der Waals surface area contributed by atoms with E-state index in [9.17, 15) is 8.78 Å². The van der Waals surface area contributed by atoms with Gasteiger partial charge in [-0.15, -0.1) is 24.0 Å². The number of aryl methyl sites for hydroxylation is 2. The highest BCUT2D eigenvalue weighted by molar-refractivity contribution is 14.0. The lowest BCUT2D eigenvalue weighted by Gasteiger charge is -2.08. The number of guanidine groups is 1. The van der Waals surface area contributed by atoms with Gasteiger partial charge in [0.2, 0.25) is 0 Å². The van der Waals surface area contributed by atoms with Gasteiger partial charge in [-0.05, 0) is 54.8 Å². The number of nitrogens with two attached hydrogens (primary N) is 1. The van der Waals surface area contributed by atoms with Gasteiger partial charge in [0.25, 0.3) is 0 Å². The van der Waals surface area contributed by atoms with Gasteiger partial charge in [-0.2, -0.15) is 8.78 Å². The van der Waals surface area contributed by atoms with Crippen molar-refractivity contribution in [3.05, 3.63) is 59.2 Å². The van der Waals surface area contributed by atoms with Crippen molar-refractivity contribution in [3.8, 4) is 5.75 Å². The number of nitrogens with one attached hydrogen (secondary N) is 1. The lowest BCUT2D eigenvalue weighted by molar-refractivity contribution is -0.0498. The van der Waals surface area contributed by atoms with E-state index in [2.05, 4.69) is 21.1 Å². The molecule has 2 aromatic rings. The molecule has 0 aromatic heterocycles. The summed E-state index contributed by atoms with van der Waals surface area (Å²) in [5, 5.41) is 3.02. The summed E-state index contributed by atoms with van der Waals surface area (Å²) in [6.45, 7) is 1.43. The van der Waals surface area contributed by atoms with E-state index in [1.165, 1.54) is 12.1 Å². The Labute approximate surface area is 157 Å². The van der Waals surface area contributed by atoms with E-state index in [-0.39, 0.29) is 42.2 Å². The number of hydrogen-bond donors (Lipinski definition) is 2. The Kier molecular flexibility index (Phi) is 7.90. The van der Waals surface area contributed by atoms with Gasteiger partial charge < -0.3 is 15.8 Å². The molecule has 7 heteroatoms. The molecule has 0 fully saturated rings. The highest BCUT2D eigenvalue weighted by Gasteiger charge is 2.04. The fourth-order valence-corrected chi connectivity index (χ4v) is 2.23. The van der Waals surface area contributed by atoms with Crippen LogP contribution in [0.4, 0.5) is 14.5 Å². The van der Waals surface area contributed by atoms with E-state index in [0.717, 1.165) is 22.4 Å². The molecule has 24 heavy (non-hydrogen) atoms. The van der Waals surface area contributed by atoms with E-state index in [0.29, 0.717) is 0 Å². The summed E-state index contributed by atoms with van der Waals surface area (Å²) in [4.78, 5) is 4.21. The third kappa shape index (κ3) is 6.69. The summed E-state index contributed by atoms with van der Waals surface area (Å²) in [7, 11) is 0. The second-order valence-corrected chi connectivity index (χ2v) is 5.23. The van der Waals surface area contributed by atoms with Crippen LogP contribution in [0.2, 0.25) is 0 Å². The number of nitrogens with zero attached hydrogens (tertiary/aromatic N) is 1. The molecule has 0 radical (unpaired) electrons. The lowest BCUT2D eigenvalue weighted by Crippen LogP contribution is -2.22. The molecule has 2 aromatic carbocycles. The van der Waals surface area contributed by atoms with Crippen molar-refractivity contribution in [2.24, 2.45) is 10.7 Å². The largest absolute Gasteiger partial charge is 0.435 e. The second kappa shape index (κ2) is 9.41. The van der Waals surface area contributed by atoms with Crippen LogP contribution in [0.5, 0.6) is 5.75 Å². The number of benzene rings is 2. The Bertz CT molecular complexity index is 688. The summed E-state index contributed by atoms with van der Waals surface area (Å²) in [5.41, 5.74) is 9.69. The number of halogens is 3. The van der Waals surface area contributed by atoms with Crippen LogP contribution in [-0.4, -0.2) is 12.6 Å². The van der Waals surface area contributed by atoms with Crippen LogP contribution in [-0.2, 0) is 6.54 Å². The summed E-state index contributed by atoms with van der Waals surface area (Å²) in [6, 6.07) is 12.4. The minimum atomic E-state index is -2.84. The van der Waals surface area contributed by atoms with Crippen LogP contribution in [0.3, 0.4) is 0 Å². The topological polar surface area (TPSA) is 59.6 Å². The van der Waals surface area contributed by atoms with E-state index in [1.807, 2.05) is 26.0 Å². The maximum Gasteiger partial charge on any atom is 0.387 e. The Morgan fingerprint density at radius 3 is 2.46 bits per heavy atom. The molecule has 0 saturated carbocycles. The molecule has 0 bridgehead atoms. The average molecular weight is 447 g/mol. The number of hydrogen-bond acceptors (Lipinski definition) is 2. The highest BCUT2D eigenvalue weighted by atomic mass is 127. The van der Waals surface area contributed by atoms with Gasteiger partial charge >= 0.3 is 6.61 Å². The predicted octanol–water partition coefficient (Wildman–Crippen LogP) is 4.45. The molecule has 0 unspecified atom stereocenters. The zero-order valence-corrected chi connectivity index (χ0v) is 15.8. The van der Waals surface area contributed by atoms with Crippen molar-refractivity contribution >= 4 is 35.6 Å². The van der Waals surface area contributed by atoms with Gasteiger partial charge in [0, 0.05) is 5.69 Å². The third-order valence-electron chi connectivity index (χ3n) is 3.05. The molecule has 130 valence electrons. The molecule has 0 atom stereocenters. The zero-order chi connectivity index (χ0) is 16.8. The molecule has 0 heterocycles. The first kappa shape index (κ1) is 20.1. The molecule has 3 N–H and O–H groups in total. The minimum absolute atomic E-state index is 0. The highest BCUT2D eigenvalue weighted by Crippen LogP contribution is 2.17. The van der Waals surface area contributed by atoms with Crippen molar-refractivity contribution in [2.45, 2.75) is 27.0 Å². The summed E-state index contributed by atoms with van der Waals surface area (Å²) >= 11 is 0. The van der Waals surface area contributed by atoms with Gasteiger partial charge in [0.1, 0.15) is 5.75 Å². The van der Waals surface area contributed by atoms with Crippen molar-refractivity contribution < 1.29 is 13.5 Å². The number of ether oxygens (including phenoxy) is 1. The summed E-state index contributed by atoms with van der Waals surface area (Å²) in [6.07, 6.45) is 0. The first-order chi connectivity index (χ1) is 10.9. The number of rotatable bonds is 5. The van der Waals surface area contributed by atoms with Crippen LogP contribution in [0, 0.1) is 13.8 Å². The Morgan fingerprint density at radius 1 is 1.17 bits per heavy atom.